The topological polar surface area (TPSA) is 73.2 Å². The third kappa shape index (κ3) is 5.42. The lowest BCUT2D eigenvalue weighted by atomic mass is 10.2. The van der Waals surface area contributed by atoms with Gasteiger partial charge in [0, 0.05) is 22.8 Å². The first-order valence-electron chi connectivity index (χ1n) is 9.40. The number of pyridine rings is 2. The second-order valence-corrected chi connectivity index (χ2v) is 6.77. The number of hydrogen-bond donors (Lipinski definition) is 0. The summed E-state index contributed by atoms with van der Waals surface area (Å²) in [5.74, 6) is 0.668. The highest BCUT2D eigenvalue weighted by Gasteiger charge is 2.06. The fourth-order valence-electron chi connectivity index (χ4n) is 2.84. The Morgan fingerprint density at radius 3 is 2.39 bits per heavy atom. The molecule has 0 N–H and O–H groups in total. The Hall–Kier alpha value is -3.15. The fourth-order valence-corrected chi connectivity index (χ4v) is 2.84. The van der Waals surface area contributed by atoms with Crippen LogP contribution in [0.4, 0.5) is 0 Å². The van der Waals surface area contributed by atoms with Crippen molar-refractivity contribution in [3.8, 4) is 11.5 Å². The average Bonchev–Trinajstić information content (AvgIpc) is 2.67. The molecule has 0 spiro atoms. The van der Waals surface area contributed by atoms with E-state index in [4.69, 9.17) is 4.84 Å². The summed E-state index contributed by atoms with van der Waals surface area (Å²) in [4.78, 5) is 23.6. The van der Waals surface area contributed by atoms with Gasteiger partial charge in [-0.15, -0.1) is 0 Å². The van der Waals surface area contributed by atoms with Crippen molar-refractivity contribution >= 4 is 5.71 Å². The number of oxime groups is 1. The Morgan fingerprint density at radius 1 is 0.893 bits per heavy atom. The largest absolute Gasteiger partial charge is 0.396 e. The number of aromatic nitrogens is 4. The van der Waals surface area contributed by atoms with Crippen LogP contribution in [0.2, 0.25) is 0 Å². The molecule has 0 bridgehead atoms. The number of rotatable bonds is 7. The highest BCUT2D eigenvalue weighted by atomic mass is 16.6. The van der Waals surface area contributed by atoms with Crippen LogP contribution < -0.4 is 0 Å². The van der Waals surface area contributed by atoms with Gasteiger partial charge in [0.2, 0.25) is 0 Å². The zero-order chi connectivity index (χ0) is 19.9. The smallest absolute Gasteiger partial charge is 0.178 e. The molecule has 0 aromatic carbocycles. The first-order chi connectivity index (χ1) is 13.5. The zero-order valence-corrected chi connectivity index (χ0v) is 16.8. The summed E-state index contributed by atoms with van der Waals surface area (Å²) in [5.41, 5.74) is 6.25. The van der Waals surface area contributed by atoms with E-state index in [1.807, 2.05) is 70.2 Å². The lowest BCUT2D eigenvalue weighted by Crippen LogP contribution is -2.02. The van der Waals surface area contributed by atoms with E-state index in [2.05, 4.69) is 25.1 Å². The summed E-state index contributed by atoms with van der Waals surface area (Å²) in [6, 6.07) is 13.8. The molecule has 0 atom stereocenters. The fraction of sp³-hybridized carbons (Fsp3) is 0.318. The predicted molar refractivity (Wildman–Crippen MR) is 110 cm³/mol. The molecule has 0 amide bonds. The van der Waals surface area contributed by atoms with E-state index in [1.165, 1.54) is 0 Å². The molecule has 0 saturated carbocycles. The van der Waals surface area contributed by atoms with Crippen molar-refractivity contribution < 1.29 is 4.84 Å². The molecule has 0 aliphatic carbocycles. The molecule has 0 radical (unpaired) electrons. The van der Waals surface area contributed by atoms with Crippen LogP contribution in [-0.4, -0.2) is 32.3 Å². The summed E-state index contributed by atoms with van der Waals surface area (Å²) < 4.78 is 0. The van der Waals surface area contributed by atoms with Gasteiger partial charge in [-0.1, -0.05) is 17.3 Å². The molecule has 0 unspecified atom stereocenters. The third-order valence-corrected chi connectivity index (χ3v) is 4.15. The van der Waals surface area contributed by atoms with Crippen molar-refractivity contribution in [1.82, 2.24) is 19.9 Å². The Balaban J connectivity index is 1.55. The van der Waals surface area contributed by atoms with Gasteiger partial charge in [-0.25, -0.2) is 15.0 Å². The standard InChI is InChI=1S/C22H25N5O/c1-15-8-5-11-20(23-15)18(4)27-28-13-7-10-19-9-6-12-21(26-19)22-24-16(2)14-17(3)25-22/h5-6,8-9,11-12,14H,7,10,13H2,1-4H3. The lowest BCUT2D eigenvalue weighted by Gasteiger charge is -2.06. The zero-order valence-electron chi connectivity index (χ0n) is 16.8. The van der Waals surface area contributed by atoms with Gasteiger partial charge in [-0.05, 0) is 70.9 Å². The predicted octanol–water partition coefficient (Wildman–Crippen LogP) is 4.23. The maximum absolute atomic E-state index is 5.45. The van der Waals surface area contributed by atoms with E-state index in [9.17, 15) is 0 Å². The van der Waals surface area contributed by atoms with Gasteiger partial charge < -0.3 is 4.84 Å². The van der Waals surface area contributed by atoms with E-state index in [0.717, 1.165) is 52.7 Å². The van der Waals surface area contributed by atoms with E-state index < -0.39 is 0 Å². The molecule has 144 valence electrons. The molecule has 28 heavy (non-hydrogen) atoms. The Kier molecular flexibility index (Phi) is 6.42. The van der Waals surface area contributed by atoms with Gasteiger partial charge in [0.05, 0.1) is 5.69 Å². The number of aryl methyl sites for hydroxylation is 4. The van der Waals surface area contributed by atoms with E-state index in [0.29, 0.717) is 12.4 Å². The minimum atomic E-state index is 0.523. The summed E-state index contributed by atoms with van der Waals surface area (Å²) in [7, 11) is 0. The average molecular weight is 375 g/mol. The van der Waals surface area contributed by atoms with Crippen LogP contribution in [0.5, 0.6) is 0 Å². The van der Waals surface area contributed by atoms with Gasteiger partial charge in [0.1, 0.15) is 18.0 Å². The highest BCUT2D eigenvalue weighted by Crippen LogP contribution is 2.14. The van der Waals surface area contributed by atoms with E-state index in [-0.39, 0.29) is 0 Å². The van der Waals surface area contributed by atoms with Crippen LogP contribution >= 0.6 is 0 Å². The summed E-state index contributed by atoms with van der Waals surface area (Å²) in [6.45, 7) is 8.32. The van der Waals surface area contributed by atoms with Gasteiger partial charge in [-0.3, -0.25) is 4.98 Å². The third-order valence-electron chi connectivity index (χ3n) is 4.15. The molecule has 3 heterocycles. The first-order valence-corrected chi connectivity index (χ1v) is 9.40. The molecule has 0 aliphatic heterocycles. The molecular formula is C22H25N5O. The van der Waals surface area contributed by atoms with Gasteiger partial charge >= 0.3 is 0 Å². The molecule has 0 saturated heterocycles. The van der Waals surface area contributed by atoms with E-state index in [1.54, 1.807) is 0 Å². The monoisotopic (exact) mass is 375 g/mol. The second-order valence-electron chi connectivity index (χ2n) is 6.77. The SMILES string of the molecule is CC(=NOCCCc1cccc(-c2nc(C)cc(C)n2)n1)c1cccc(C)n1. The Labute approximate surface area is 165 Å². The van der Waals surface area contributed by atoms with Crippen molar-refractivity contribution in [3.05, 3.63) is 70.9 Å². The summed E-state index contributed by atoms with van der Waals surface area (Å²) in [6.07, 6.45) is 1.62. The van der Waals surface area contributed by atoms with Crippen molar-refractivity contribution in [1.29, 1.82) is 0 Å². The van der Waals surface area contributed by atoms with Crippen LogP contribution in [0.3, 0.4) is 0 Å². The normalized spacial score (nSPS) is 11.5. The minimum Gasteiger partial charge on any atom is -0.396 e. The number of hydrogen-bond acceptors (Lipinski definition) is 6. The minimum absolute atomic E-state index is 0.523. The Morgan fingerprint density at radius 2 is 1.64 bits per heavy atom. The summed E-state index contributed by atoms with van der Waals surface area (Å²) >= 11 is 0. The van der Waals surface area contributed by atoms with Crippen LogP contribution in [0.15, 0.2) is 47.6 Å². The van der Waals surface area contributed by atoms with Gasteiger partial charge in [-0.2, -0.15) is 0 Å². The second kappa shape index (κ2) is 9.17. The molecule has 6 nitrogen and oxygen atoms in total. The quantitative estimate of drug-likeness (QED) is 0.351. The van der Waals surface area contributed by atoms with Crippen molar-refractivity contribution in [2.45, 2.75) is 40.5 Å². The molecule has 3 aromatic rings. The van der Waals surface area contributed by atoms with Crippen LogP contribution in [-0.2, 0) is 11.3 Å². The maximum Gasteiger partial charge on any atom is 0.178 e. The van der Waals surface area contributed by atoms with Crippen LogP contribution in [0.25, 0.3) is 11.5 Å². The molecule has 6 heteroatoms. The molecule has 0 fully saturated rings. The lowest BCUT2D eigenvalue weighted by molar-refractivity contribution is 0.141. The Bertz CT molecular complexity index is 964. The van der Waals surface area contributed by atoms with Gasteiger partial charge in [0.25, 0.3) is 0 Å². The first kappa shape index (κ1) is 19.6. The molecule has 3 rings (SSSR count). The van der Waals surface area contributed by atoms with Crippen LogP contribution in [0.1, 0.15) is 41.8 Å². The molecule has 0 aliphatic rings. The highest BCUT2D eigenvalue weighted by molar-refractivity contribution is 5.96. The summed E-state index contributed by atoms with van der Waals surface area (Å²) in [5, 5.41) is 4.16. The molecule has 3 aromatic heterocycles. The van der Waals surface area contributed by atoms with Crippen molar-refractivity contribution in [2.24, 2.45) is 5.16 Å². The van der Waals surface area contributed by atoms with Crippen molar-refractivity contribution in [2.75, 3.05) is 6.61 Å². The maximum atomic E-state index is 5.45. The number of nitrogens with zero attached hydrogens (tertiary/aromatic N) is 5. The molecular weight excluding hydrogens is 350 g/mol. The van der Waals surface area contributed by atoms with Crippen LogP contribution in [0, 0.1) is 20.8 Å². The van der Waals surface area contributed by atoms with Crippen molar-refractivity contribution in [3.63, 3.8) is 0 Å². The van der Waals surface area contributed by atoms with Gasteiger partial charge in [0.15, 0.2) is 5.82 Å². The van der Waals surface area contributed by atoms with E-state index >= 15 is 0 Å².